The third-order valence-corrected chi connectivity index (χ3v) is 1.76. The Hall–Kier alpha value is -2.11. The molecular formula is C8H7N3O3. The van der Waals surface area contributed by atoms with E-state index in [4.69, 9.17) is 9.52 Å². The fourth-order valence-electron chi connectivity index (χ4n) is 1.05. The van der Waals surface area contributed by atoms with Crippen LogP contribution in [-0.4, -0.2) is 26.3 Å². The molecular weight excluding hydrogens is 186 g/mol. The Morgan fingerprint density at radius 1 is 1.57 bits per heavy atom. The predicted octanol–water partition coefficient (Wildman–Crippen LogP) is 1.07. The normalized spacial score (nSPS) is 10.4. The zero-order valence-electron chi connectivity index (χ0n) is 7.31. The number of nitrogens with one attached hydrogen (secondary N) is 1. The van der Waals surface area contributed by atoms with Crippen LogP contribution in [0, 0.1) is 6.92 Å². The smallest absolute Gasteiger partial charge is 0.373 e. The van der Waals surface area contributed by atoms with Crippen LogP contribution >= 0.6 is 0 Å². The van der Waals surface area contributed by atoms with Gasteiger partial charge in [0.15, 0.2) is 0 Å². The molecule has 14 heavy (non-hydrogen) atoms. The van der Waals surface area contributed by atoms with Gasteiger partial charge in [-0.25, -0.2) is 9.78 Å². The molecule has 0 atom stereocenters. The van der Waals surface area contributed by atoms with E-state index < -0.39 is 5.97 Å². The van der Waals surface area contributed by atoms with Crippen LogP contribution in [0.4, 0.5) is 0 Å². The van der Waals surface area contributed by atoms with Gasteiger partial charge in [-0.1, -0.05) is 0 Å². The van der Waals surface area contributed by atoms with E-state index in [1.807, 2.05) is 6.92 Å². The van der Waals surface area contributed by atoms with Crippen molar-refractivity contribution in [1.82, 2.24) is 15.2 Å². The highest BCUT2D eigenvalue weighted by molar-refractivity contribution is 5.84. The third-order valence-electron chi connectivity index (χ3n) is 1.76. The molecule has 0 aromatic carbocycles. The van der Waals surface area contributed by atoms with Gasteiger partial charge in [0.25, 0.3) is 0 Å². The van der Waals surface area contributed by atoms with Crippen LogP contribution in [0.15, 0.2) is 16.8 Å². The quantitative estimate of drug-likeness (QED) is 0.744. The highest BCUT2D eigenvalue weighted by Gasteiger charge is 2.14. The number of aryl methyl sites for hydroxylation is 1. The number of carbonyl (C=O) groups is 1. The van der Waals surface area contributed by atoms with Gasteiger partial charge in [0.05, 0.1) is 12.4 Å². The lowest BCUT2D eigenvalue weighted by Gasteiger charge is -1.90. The summed E-state index contributed by atoms with van der Waals surface area (Å²) in [7, 11) is 0. The van der Waals surface area contributed by atoms with Crippen LogP contribution in [0.25, 0.3) is 11.6 Å². The summed E-state index contributed by atoms with van der Waals surface area (Å²) in [5.41, 5.74) is 1.45. The van der Waals surface area contributed by atoms with Gasteiger partial charge in [-0.05, 0) is 12.5 Å². The Morgan fingerprint density at radius 2 is 2.36 bits per heavy atom. The number of aromatic carboxylic acids is 1. The lowest BCUT2D eigenvalue weighted by Crippen LogP contribution is -1.91. The largest absolute Gasteiger partial charge is 0.475 e. The molecule has 72 valence electrons. The third kappa shape index (κ3) is 1.26. The van der Waals surface area contributed by atoms with Crippen LogP contribution in [0.1, 0.15) is 16.1 Å². The van der Waals surface area contributed by atoms with E-state index in [-0.39, 0.29) is 11.7 Å². The van der Waals surface area contributed by atoms with E-state index in [1.54, 1.807) is 6.20 Å². The Kier molecular flexibility index (Phi) is 1.81. The SMILES string of the molecule is Cc1cn[nH]c1-c1ncc(C(=O)O)o1. The number of aromatic nitrogens is 3. The Balaban J connectivity index is 2.43. The summed E-state index contributed by atoms with van der Waals surface area (Å²) in [6.45, 7) is 1.82. The first-order chi connectivity index (χ1) is 6.68. The molecule has 6 nitrogen and oxygen atoms in total. The molecule has 0 unspecified atom stereocenters. The number of H-pyrrole nitrogens is 1. The molecule has 0 spiro atoms. The van der Waals surface area contributed by atoms with Gasteiger partial charge in [-0.15, -0.1) is 0 Å². The number of hydrogen-bond donors (Lipinski definition) is 2. The summed E-state index contributed by atoms with van der Waals surface area (Å²) in [5.74, 6) is -1.09. The fraction of sp³-hybridized carbons (Fsp3) is 0.125. The average Bonchev–Trinajstić information content (AvgIpc) is 2.71. The van der Waals surface area contributed by atoms with Gasteiger partial charge in [-0.2, -0.15) is 5.10 Å². The van der Waals surface area contributed by atoms with Crippen LogP contribution < -0.4 is 0 Å². The van der Waals surface area contributed by atoms with Gasteiger partial charge in [0.2, 0.25) is 11.7 Å². The van der Waals surface area contributed by atoms with Crippen molar-refractivity contribution < 1.29 is 14.3 Å². The van der Waals surface area contributed by atoms with E-state index in [0.29, 0.717) is 5.69 Å². The van der Waals surface area contributed by atoms with Gasteiger partial charge in [-0.3, -0.25) is 5.10 Å². The summed E-state index contributed by atoms with van der Waals surface area (Å²) < 4.78 is 4.99. The molecule has 0 radical (unpaired) electrons. The topological polar surface area (TPSA) is 92.0 Å². The van der Waals surface area contributed by atoms with Crippen molar-refractivity contribution in [2.45, 2.75) is 6.92 Å². The molecule has 0 bridgehead atoms. The molecule has 0 saturated carbocycles. The van der Waals surface area contributed by atoms with E-state index in [2.05, 4.69) is 15.2 Å². The van der Waals surface area contributed by atoms with Gasteiger partial charge >= 0.3 is 5.97 Å². The molecule has 2 aromatic rings. The van der Waals surface area contributed by atoms with Crippen LogP contribution in [-0.2, 0) is 0 Å². The van der Waals surface area contributed by atoms with E-state index in [1.165, 1.54) is 0 Å². The summed E-state index contributed by atoms with van der Waals surface area (Å²) in [5, 5.41) is 15.1. The number of carboxylic acid groups (broad SMARTS) is 1. The molecule has 0 amide bonds. The van der Waals surface area contributed by atoms with Crippen LogP contribution in [0.3, 0.4) is 0 Å². The minimum atomic E-state index is -1.14. The Bertz CT molecular complexity index is 472. The first-order valence-corrected chi connectivity index (χ1v) is 3.88. The van der Waals surface area contributed by atoms with Crippen molar-refractivity contribution in [3.05, 3.63) is 23.7 Å². The average molecular weight is 193 g/mol. The molecule has 2 N–H and O–H groups in total. The predicted molar refractivity (Wildman–Crippen MR) is 45.8 cm³/mol. The molecule has 0 saturated heterocycles. The standard InChI is InChI=1S/C8H7N3O3/c1-4-2-10-11-6(4)7-9-3-5(14-7)8(12)13/h2-3H,1H3,(H,10,11)(H,12,13). The first-order valence-electron chi connectivity index (χ1n) is 3.88. The summed E-state index contributed by atoms with van der Waals surface area (Å²) in [4.78, 5) is 14.3. The molecule has 0 aliphatic rings. The van der Waals surface area contributed by atoms with Crippen molar-refractivity contribution in [3.63, 3.8) is 0 Å². The monoisotopic (exact) mass is 193 g/mol. The summed E-state index contributed by atoms with van der Waals surface area (Å²) in [6, 6.07) is 0. The second kappa shape index (κ2) is 2.99. The van der Waals surface area contributed by atoms with Crippen molar-refractivity contribution in [3.8, 4) is 11.6 Å². The molecule has 6 heteroatoms. The van der Waals surface area contributed by atoms with Crippen LogP contribution in [0.2, 0.25) is 0 Å². The molecule has 2 aromatic heterocycles. The van der Waals surface area contributed by atoms with Crippen LogP contribution in [0.5, 0.6) is 0 Å². The molecule has 2 rings (SSSR count). The fourth-order valence-corrected chi connectivity index (χ4v) is 1.05. The number of hydrogen-bond acceptors (Lipinski definition) is 4. The van der Waals surface area contributed by atoms with Crippen molar-refractivity contribution >= 4 is 5.97 Å². The summed E-state index contributed by atoms with van der Waals surface area (Å²) >= 11 is 0. The molecule has 0 fully saturated rings. The van der Waals surface area contributed by atoms with Crippen molar-refractivity contribution in [2.75, 3.05) is 0 Å². The molecule has 0 aliphatic heterocycles. The summed E-state index contributed by atoms with van der Waals surface area (Å²) in [6.07, 6.45) is 2.78. The second-order valence-corrected chi connectivity index (χ2v) is 2.76. The zero-order valence-corrected chi connectivity index (χ0v) is 7.31. The maximum Gasteiger partial charge on any atom is 0.373 e. The Morgan fingerprint density at radius 3 is 2.86 bits per heavy atom. The van der Waals surface area contributed by atoms with Gasteiger partial charge in [0.1, 0.15) is 5.69 Å². The molecule has 0 aliphatic carbocycles. The van der Waals surface area contributed by atoms with E-state index >= 15 is 0 Å². The Labute approximate surface area is 78.6 Å². The maximum atomic E-state index is 10.5. The van der Waals surface area contributed by atoms with Gasteiger partial charge < -0.3 is 9.52 Å². The molecule has 2 heterocycles. The lowest BCUT2D eigenvalue weighted by atomic mass is 10.3. The number of oxazole rings is 1. The van der Waals surface area contributed by atoms with E-state index in [9.17, 15) is 4.79 Å². The first kappa shape index (κ1) is 8.49. The number of carboxylic acids is 1. The minimum absolute atomic E-state index is 0.186. The van der Waals surface area contributed by atoms with Gasteiger partial charge in [0, 0.05) is 0 Å². The number of aromatic amines is 1. The van der Waals surface area contributed by atoms with E-state index in [0.717, 1.165) is 11.8 Å². The van der Waals surface area contributed by atoms with Crippen molar-refractivity contribution in [1.29, 1.82) is 0 Å². The zero-order chi connectivity index (χ0) is 10.1. The lowest BCUT2D eigenvalue weighted by molar-refractivity contribution is 0.0663. The number of nitrogens with zero attached hydrogens (tertiary/aromatic N) is 2. The van der Waals surface area contributed by atoms with Crippen molar-refractivity contribution in [2.24, 2.45) is 0 Å². The number of rotatable bonds is 2. The minimum Gasteiger partial charge on any atom is -0.475 e. The highest BCUT2D eigenvalue weighted by atomic mass is 16.4. The second-order valence-electron chi connectivity index (χ2n) is 2.76. The highest BCUT2D eigenvalue weighted by Crippen LogP contribution is 2.19. The maximum absolute atomic E-state index is 10.5.